The number of benzene rings is 1. The predicted molar refractivity (Wildman–Crippen MR) is 121 cm³/mol. The molecule has 1 aliphatic rings. The molecule has 1 aliphatic heterocycles. The molecule has 156 valence electrons. The number of hydrogen-bond acceptors (Lipinski definition) is 6. The van der Waals surface area contributed by atoms with Crippen LogP contribution in [0.1, 0.15) is 29.8 Å². The van der Waals surface area contributed by atoms with Crippen LogP contribution in [0.5, 0.6) is 0 Å². The largest absolute Gasteiger partial charge is 0.291 e. The number of aromatic nitrogens is 4. The summed E-state index contributed by atoms with van der Waals surface area (Å²) in [7, 11) is 0. The highest BCUT2D eigenvalue weighted by Crippen LogP contribution is 2.29. The maximum absolute atomic E-state index is 13.1. The SMILES string of the molecule is Cc1nc2ncnn2c(C)c1CCC(=O)N1CCCSC1=Nc1ccc(Cl)c(Cl)c1. The van der Waals surface area contributed by atoms with E-state index in [1.54, 1.807) is 39.4 Å². The number of hydrogen-bond donors (Lipinski definition) is 0. The topological polar surface area (TPSA) is 75.8 Å². The number of aliphatic imine (C=N–C) groups is 1. The summed E-state index contributed by atoms with van der Waals surface area (Å²) in [4.78, 5) is 28.1. The molecule has 0 bridgehead atoms. The maximum atomic E-state index is 13.1. The zero-order valence-electron chi connectivity index (χ0n) is 16.6. The molecule has 4 rings (SSSR count). The lowest BCUT2D eigenvalue weighted by molar-refractivity contribution is -0.127. The van der Waals surface area contributed by atoms with E-state index in [0.29, 0.717) is 46.1 Å². The van der Waals surface area contributed by atoms with Crippen LogP contribution in [-0.4, -0.2) is 47.9 Å². The lowest BCUT2D eigenvalue weighted by atomic mass is 10.1. The summed E-state index contributed by atoms with van der Waals surface area (Å²) in [5.41, 5.74) is 3.53. The van der Waals surface area contributed by atoms with Crippen molar-refractivity contribution in [1.82, 2.24) is 24.5 Å². The van der Waals surface area contributed by atoms with Gasteiger partial charge in [0, 0.05) is 30.1 Å². The third-order valence-electron chi connectivity index (χ3n) is 4.99. The number of amidine groups is 1. The molecule has 0 unspecified atom stereocenters. The average Bonchev–Trinajstić information content (AvgIpc) is 3.19. The third-order valence-corrected chi connectivity index (χ3v) is 6.80. The van der Waals surface area contributed by atoms with Gasteiger partial charge in [-0.1, -0.05) is 35.0 Å². The second kappa shape index (κ2) is 8.91. The van der Waals surface area contributed by atoms with Gasteiger partial charge in [-0.2, -0.15) is 10.1 Å². The van der Waals surface area contributed by atoms with Gasteiger partial charge in [0.15, 0.2) is 5.17 Å². The fraction of sp³-hybridized carbons (Fsp3) is 0.350. The first kappa shape index (κ1) is 21.1. The van der Waals surface area contributed by atoms with Gasteiger partial charge in [0.1, 0.15) is 6.33 Å². The number of nitrogens with zero attached hydrogens (tertiary/aromatic N) is 6. The van der Waals surface area contributed by atoms with E-state index in [2.05, 4.69) is 20.1 Å². The molecule has 3 aromatic rings. The van der Waals surface area contributed by atoms with Crippen LogP contribution >= 0.6 is 35.0 Å². The summed E-state index contributed by atoms with van der Waals surface area (Å²) >= 11 is 13.7. The Balaban J connectivity index is 1.53. The zero-order valence-corrected chi connectivity index (χ0v) is 18.9. The zero-order chi connectivity index (χ0) is 21.3. The number of thioether (sulfide) groups is 1. The fourth-order valence-electron chi connectivity index (χ4n) is 3.43. The summed E-state index contributed by atoms with van der Waals surface area (Å²) in [5, 5.41) is 5.84. The molecule has 10 heteroatoms. The van der Waals surface area contributed by atoms with Crippen molar-refractivity contribution < 1.29 is 4.79 Å². The Morgan fingerprint density at radius 1 is 1.27 bits per heavy atom. The molecule has 0 saturated carbocycles. The number of rotatable bonds is 4. The van der Waals surface area contributed by atoms with Crippen LogP contribution in [0.4, 0.5) is 5.69 Å². The van der Waals surface area contributed by atoms with Crippen molar-refractivity contribution in [3.05, 3.63) is 51.5 Å². The van der Waals surface area contributed by atoms with E-state index in [1.807, 2.05) is 13.8 Å². The first-order valence-electron chi connectivity index (χ1n) is 9.57. The number of aryl methyl sites for hydroxylation is 2. The van der Waals surface area contributed by atoms with E-state index >= 15 is 0 Å². The van der Waals surface area contributed by atoms with Crippen LogP contribution in [0.15, 0.2) is 29.5 Å². The fourth-order valence-corrected chi connectivity index (χ4v) is 4.70. The van der Waals surface area contributed by atoms with Crippen molar-refractivity contribution in [2.45, 2.75) is 33.1 Å². The molecule has 1 aromatic carbocycles. The van der Waals surface area contributed by atoms with Gasteiger partial charge in [-0.05, 0) is 50.5 Å². The monoisotopic (exact) mass is 462 g/mol. The van der Waals surface area contributed by atoms with E-state index in [9.17, 15) is 4.79 Å². The molecule has 2 aromatic heterocycles. The predicted octanol–water partition coefficient (Wildman–Crippen LogP) is 4.63. The van der Waals surface area contributed by atoms with Crippen LogP contribution in [0, 0.1) is 13.8 Å². The van der Waals surface area contributed by atoms with Crippen LogP contribution in [-0.2, 0) is 11.2 Å². The van der Waals surface area contributed by atoms with Gasteiger partial charge < -0.3 is 0 Å². The smallest absolute Gasteiger partial charge is 0.252 e. The molecule has 1 saturated heterocycles. The molecule has 1 amide bonds. The van der Waals surface area contributed by atoms with E-state index < -0.39 is 0 Å². The van der Waals surface area contributed by atoms with Gasteiger partial charge in [0.2, 0.25) is 5.91 Å². The van der Waals surface area contributed by atoms with Crippen LogP contribution in [0.3, 0.4) is 0 Å². The normalized spacial score (nSPS) is 15.9. The summed E-state index contributed by atoms with van der Waals surface area (Å²) < 4.78 is 1.71. The van der Waals surface area contributed by atoms with Gasteiger partial charge in [-0.3, -0.25) is 9.69 Å². The Hall–Kier alpha value is -2.16. The molecule has 0 aliphatic carbocycles. The van der Waals surface area contributed by atoms with Gasteiger partial charge in [-0.15, -0.1) is 0 Å². The lowest BCUT2D eigenvalue weighted by Gasteiger charge is -2.28. The second-order valence-corrected chi connectivity index (χ2v) is 8.85. The highest BCUT2D eigenvalue weighted by molar-refractivity contribution is 8.13. The third kappa shape index (κ3) is 4.31. The van der Waals surface area contributed by atoms with E-state index in [1.165, 1.54) is 6.33 Å². The number of carbonyl (C=O) groups is 1. The lowest BCUT2D eigenvalue weighted by Crippen LogP contribution is -2.39. The Morgan fingerprint density at radius 2 is 2.10 bits per heavy atom. The maximum Gasteiger partial charge on any atom is 0.252 e. The minimum Gasteiger partial charge on any atom is -0.291 e. The van der Waals surface area contributed by atoms with Crippen molar-refractivity contribution in [3.8, 4) is 0 Å². The number of halogens is 2. The summed E-state index contributed by atoms with van der Waals surface area (Å²) in [5.74, 6) is 1.54. The summed E-state index contributed by atoms with van der Waals surface area (Å²) in [6, 6.07) is 5.22. The van der Waals surface area contributed by atoms with E-state index in [-0.39, 0.29) is 5.91 Å². The van der Waals surface area contributed by atoms with Gasteiger partial charge in [0.25, 0.3) is 5.78 Å². The van der Waals surface area contributed by atoms with Crippen molar-refractivity contribution in [1.29, 1.82) is 0 Å². The Bertz CT molecular complexity index is 1150. The summed E-state index contributed by atoms with van der Waals surface area (Å²) in [6.07, 6.45) is 3.37. The molecular weight excluding hydrogens is 443 g/mol. The van der Waals surface area contributed by atoms with Crippen molar-refractivity contribution in [2.75, 3.05) is 12.3 Å². The van der Waals surface area contributed by atoms with E-state index in [4.69, 9.17) is 23.2 Å². The van der Waals surface area contributed by atoms with Gasteiger partial charge >= 0.3 is 0 Å². The molecule has 0 radical (unpaired) electrons. The standard InChI is InChI=1S/C20H20Cl2N6OS/c1-12-15(13(2)28-19(25-12)23-11-24-28)5-7-18(29)27-8-3-9-30-20(27)26-14-4-6-16(21)17(22)10-14/h4,6,10-11H,3,5,7-9H2,1-2H3. The average molecular weight is 463 g/mol. The summed E-state index contributed by atoms with van der Waals surface area (Å²) in [6.45, 7) is 4.57. The first-order chi connectivity index (χ1) is 14.4. The molecule has 30 heavy (non-hydrogen) atoms. The first-order valence-corrected chi connectivity index (χ1v) is 11.3. The molecule has 7 nitrogen and oxygen atoms in total. The van der Waals surface area contributed by atoms with Crippen LogP contribution in [0.25, 0.3) is 5.78 Å². The Morgan fingerprint density at radius 3 is 2.90 bits per heavy atom. The molecule has 0 spiro atoms. The molecular formula is C20H20Cl2N6OS. The van der Waals surface area contributed by atoms with Crippen LogP contribution in [0.2, 0.25) is 10.0 Å². The number of carbonyl (C=O) groups excluding carboxylic acids is 1. The minimum atomic E-state index is 0.0403. The van der Waals surface area contributed by atoms with Gasteiger partial charge in [-0.25, -0.2) is 14.5 Å². The second-order valence-electron chi connectivity index (χ2n) is 6.97. The molecule has 1 fully saturated rings. The molecule has 3 heterocycles. The number of amides is 1. The van der Waals surface area contributed by atoms with E-state index in [0.717, 1.165) is 29.1 Å². The van der Waals surface area contributed by atoms with Crippen molar-refractivity contribution >= 4 is 57.5 Å². The van der Waals surface area contributed by atoms with Crippen LogP contribution < -0.4 is 0 Å². The van der Waals surface area contributed by atoms with Crippen molar-refractivity contribution in [2.24, 2.45) is 4.99 Å². The van der Waals surface area contributed by atoms with Crippen molar-refractivity contribution in [3.63, 3.8) is 0 Å². The molecule has 0 atom stereocenters. The van der Waals surface area contributed by atoms with Gasteiger partial charge in [0.05, 0.1) is 15.7 Å². The Kier molecular flexibility index (Phi) is 6.26. The highest BCUT2D eigenvalue weighted by Gasteiger charge is 2.24. The minimum absolute atomic E-state index is 0.0403. The number of fused-ring (bicyclic) bond motifs is 1. The molecule has 0 N–H and O–H groups in total. The quantitative estimate of drug-likeness (QED) is 0.564. The Labute approximate surface area is 188 Å². The highest BCUT2D eigenvalue weighted by atomic mass is 35.5.